The average Bonchev–Trinajstić information content (AvgIpc) is 2.14. The molecule has 1 aliphatic carbocycles. The van der Waals surface area contributed by atoms with Gasteiger partial charge in [0.1, 0.15) is 0 Å². The third-order valence-electron chi connectivity index (χ3n) is 2.66. The highest BCUT2D eigenvalue weighted by Crippen LogP contribution is 2.31. The highest BCUT2D eigenvalue weighted by Gasteiger charge is 2.28. The van der Waals surface area contributed by atoms with Crippen molar-refractivity contribution in [2.24, 2.45) is 5.92 Å². The van der Waals surface area contributed by atoms with Crippen LogP contribution < -0.4 is 0 Å². The maximum absolute atomic E-state index is 12.0. The van der Waals surface area contributed by atoms with Crippen molar-refractivity contribution in [2.45, 2.75) is 44.7 Å². The lowest BCUT2D eigenvalue weighted by Crippen LogP contribution is -2.12. The summed E-state index contributed by atoms with van der Waals surface area (Å²) in [5.74, 6) is 0.127. The fraction of sp³-hybridized carbons (Fsp3) is 0.727. The van der Waals surface area contributed by atoms with Gasteiger partial charge in [-0.2, -0.15) is 13.2 Å². The lowest BCUT2D eigenvalue weighted by atomic mass is 9.86. The molecule has 1 unspecified atom stereocenters. The highest BCUT2D eigenvalue weighted by atomic mass is 19.4. The average molecular weight is 205 g/mol. The van der Waals surface area contributed by atoms with E-state index in [4.69, 9.17) is 0 Å². The van der Waals surface area contributed by atoms with Gasteiger partial charge in [0.15, 0.2) is 0 Å². The minimum absolute atomic E-state index is 0.127. The van der Waals surface area contributed by atoms with Crippen LogP contribution in [0.4, 0.5) is 13.2 Å². The molecule has 1 aliphatic rings. The molecule has 81 valence electrons. The van der Waals surface area contributed by atoms with Crippen molar-refractivity contribution >= 4 is 0 Å². The van der Waals surface area contributed by atoms with Crippen LogP contribution in [0, 0.1) is 12.8 Å². The molecule has 0 saturated carbocycles. The van der Waals surface area contributed by atoms with Gasteiger partial charge in [-0.05, 0) is 44.9 Å². The molecule has 0 aromatic carbocycles. The fourth-order valence-corrected chi connectivity index (χ4v) is 1.88. The van der Waals surface area contributed by atoms with E-state index in [2.05, 4.69) is 6.92 Å². The smallest absolute Gasteiger partial charge is 0.171 e. The second-order valence-corrected chi connectivity index (χ2v) is 3.88. The molecule has 3 heteroatoms. The standard InChI is InChI=1S/C11H16F3/c1-2-9-4-3-5-10(8-9)6-7-11(12,13)14/h8,10H,1-7H2. The van der Waals surface area contributed by atoms with Gasteiger partial charge in [-0.1, -0.05) is 11.6 Å². The molecule has 0 aromatic rings. The molecule has 0 fully saturated rings. The normalized spacial score (nSPS) is 23.4. The van der Waals surface area contributed by atoms with E-state index >= 15 is 0 Å². The summed E-state index contributed by atoms with van der Waals surface area (Å²) in [6, 6.07) is 0. The number of hydrogen-bond donors (Lipinski definition) is 0. The Bertz CT molecular complexity index is 203. The van der Waals surface area contributed by atoms with Crippen molar-refractivity contribution in [3.8, 4) is 0 Å². The van der Waals surface area contributed by atoms with Crippen molar-refractivity contribution in [3.05, 3.63) is 18.6 Å². The zero-order chi connectivity index (χ0) is 10.6. The first kappa shape index (κ1) is 11.6. The molecule has 0 bridgehead atoms. The second kappa shape index (κ2) is 4.85. The Kier molecular flexibility index (Phi) is 4.02. The molecule has 0 heterocycles. The van der Waals surface area contributed by atoms with E-state index in [9.17, 15) is 13.2 Å². The predicted molar refractivity (Wildman–Crippen MR) is 50.7 cm³/mol. The molecule has 0 N–H and O–H groups in total. The zero-order valence-electron chi connectivity index (χ0n) is 8.24. The minimum Gasteiger partial charge on any atom is -0.171 e. The molecule has 0 spiro atoms. The molecule has 1 atom stereocenters. The van der Waals surface area contributed by atoms with Crippen molar-refractivity contribution in [2.75, 3.05) is 0 Å². The Morgan fingerprint density at radius 2 is 2.14 bits per heavy atom. The van der Waals surface area contributed by atoms with Gasteiger partial charge in [-0.25, -0.2) is 0 Å². The van der Waals surface area contributed by atoms with E-state index in [0.717, 1.165) is 25.7 Å². The third-order valence-corrected chi connectivity index (χ3v) is 2.66. The lowest BCUT2D eigenvalue weighted by molar-refractivity contribution is -0.137. The summed E-state index contributed by atoms with van der Waals surface area (Å²) < 4.78 is 35.9. The fourth-order valence-electron chi connectivity index (χ4n) is 1.88. The van der Waals surface area contributed by atoms with Crippen molar-refractivity contribution in [1.29, 1.82) is 0 Å². The highest BCUT2D eigenvalue weighted by molar-refractivity contribution is 5.08. The lowest BCUT2D eigenvalue weighted by Gasteiger charge is -2.20. The van der Waals surface area contributed by atoms with Crippen molar-refractivity contribution < 1.29 is 13.2 Å². The number of allylic oxidation sites excluding steroid dienone is 2. The number of halogens is 3. The van der Waals surface area contributed by atoms with Crippen LogP contribution in [0.2, 0.25) is 0 Å². The van der Waals surface area contributed by atoms with Gasteiger partial charge in [-0.3, -0.25) is 0 Å². The van der Waals surface area contributed by atoms with E-state index in [1.54, 1.807) is 0 Å². The first-order chi connectivity index (χ1) is 6.51. The molecular formula is C11H16F3. The van der Waals surface area contributed by atoms with Crippen LogP contribution >= 0.6 is 0 Å². The van der Waals surface area contributed by atoms with Gasteiger partial charge in [-0.15, -0.1) is 0 Å². The van der Waals surface area contributed by atoms with Crippen molar-refractivity contribution in [3.63, 3.8) is 0 Å². The van der Waals surface area contributed by atoms with Gasteiger partial charge >= 0.3 is 6.18 Å². The summed E-state index contributed by atoms with van der Waals surface area (Å²) in [6.07, 6.45) is 1.27. The molecule has 1 radical (unpaired) electrons. The van der Waals surface area contributed by atoms with Crippen LogP contribution in [0.15, 0.2) is 11.6 Å². The van der Waals surface area contributed by atoms with Gasteiger partial charge in [0.05, 0.1) is 0 Å². The summed E-state index contributed by atoms with van der Waals surface area (Å²) in [7, 11) is 0. The summed E-state index contributed by atoms with van der Waals surface area (Å²) in [5, 5.41) is 0. The topological polar surface area (TPSA) is 0 Å². The summed E-state index contributed by atoms with van der Waals surface area (Å²) >= 11 is 0. The Labute approximate surface area is 83.2 Å². The van der Waals surface area contributed by atoms with E-state index in [0.29, 0.717) is 0 Å². The zero-order valence-corrected chi connectivity index (χ0v) is 8.24. The minimum atomic E-state index is -4.00. The van der Waals surface area contributed by atoms with Crippen LogP contribution in [0.3, 0.4) is 0 Å². The molecule has 0 saturated heterocycles. The number of hydrogen-bond acceptors (Lipinski definition) is 0. The van der Waals surface area contributed by atoms with E-state index in [1.165, 1.54) is 5.57 Å². The van der Waals surface area contributed by atoms with E-state index in [1.807, 2.05) is 6.08 Å². The molecule has 0 amide bonds. The molecule has 1 rings (SSSR count). The van der Waals surface area contributed by atoms with Crippen LogP contribution in [-0.4, -0.2) is 6.18 Å². The van der Waals surface area contributed by atoms with Crippen LogP contribution in [0.5, 0.6) is 0 Å². The van der Waals surface area contributed by atoms with E-state index < -0.39 is 12.6 Å². The van der Waals surface area contributed by atoms with E-state index in [-0.39, 0.29) is 12.3 Å². The largest absolute Gasteiger partial charge is 0.389 e. The molecule has 0 aliphatic heterocycles. The van der Waals surface area contributed by atoms with Crippen LogP contribution in [0.25, 0.3) is 0 Å². The Morgan fingerprint density at radius 3 is 2.71 bits per heavy atom. The molecule has 14 heavy (non-hydrogen) atoms. The van der Waals surface area contributed by atoms with Crippen molar-refractivity contribution in [1.82, 2.24) is 0 Å². The summed E-state index contributed by atoms with van der Waals surface area (Å²) in [4.78, 5) is 0. The Balaban J connectivity index is 2.38. The first-order valence-electron chi connectivity index (χ1n) is 5.07. The van der Waals surface area contributed by atoms with Crippen LogP contribution in [-0.2, 0) is 0 Å². The van der Waals surface area contributed by atoms with Gasteiger partial charge in [0.2, 0.25) is 0 Å². The quantitative estimate of drug-likeness (QED) is 0.603. The predicted octanol–water partition coefficient (Wildman–Crippen LogP) is 4.28. The monoisotopic (exact) mass is 205 g/mol. The van der Waals surface area contributed by atoms with Gasteiger partial charge in [0.25, 0.3) is 0 Å². The number of rotatable bonds is 3. The third kappa shape index (κ3) is 4.16. The number of alkyl halides is 3. The maximum atomic E-state index is 12.0. The van der Waals surface area contributed by atoms with Gasteiger partial charge < -0.3 is 0 Å². The second-order valence-electron chi connectivity index (χ2n) is 3.88. The molecule has 0 aromatic heterocycles. The summed E-state index contributed by atoms with van der Waals surface area (Å²) in [5.41, 5.74) is 1.23. The molecule has 0 nitrogen and oxygen atoms in total. The van der Waals surface area contributed by atoms with Crippen LogP contribution in [0.1, 0.15) is 38.5 Å². The maximum Gasteiger partial charge on any atom is 0.389 e. The van der Waals surface area contributed by atoms with Gasteiger partial charge in [0, 0.05) is 6.42 Å². The summed E-state index contributed by atoms with van der Waals surface area (Å²) in [6.45, 7) is 3.76. The first-order valence-corrected chi connectivity index (χ1v) is 5.07. The SMILES string of the molecule is [CH2]CC1=CC(CCC(F)(F)F)CCC1. The molecular weight excluding hydrogens is 189 g/mol. The Morgan fingerprint density at radius 1 is 1.43 bits per heavy atom. The Hall–Kier alpha value is -0.470.